The molecule has 0 unspecified atom stereocenters. The molecule has 0 aliphatic carbocycles. The van der Waals surface area contributed by atoms with Crippen molar-refractivity contribution < 1.29 is 8.91 Å². The molecule has 2 rings (SSSR count). The lowest BCUT2D eigenvalue weighted by Gasteiger charge is -1.98. The number of halogens is 1. The zero-order valence-corrected chi connectivity index (χ0v) is 8.19. The molecule has 0 saturated heterocycles. The van der Waals surface area contributed by atoms with Crippen LogP contribution in [-0.4, -0.2) is 10.1 Å². The first-order chi connectivity index (χ1) is 6.66. The van der Waals surface area contributed by atoms with E-state index >= 15 is 0 Å². The molecule has 1 aromatic carbocycles. The summed E-state index contributed by atoms with van der Waals surface area (Å²) in [5, 5.41) is 2.51. The Bertz CT molecular complexity index is 518. The minimum Gasteiger partial charge on any atom is -0.348 e. The highest BCUT2D eigenvalue weighted by Gasteiger charge is 2.04. The fraction of sp³-hybridized carbons (Fsp3) is 0.111. The predicted octanol–water partition coefficient (Wildman–Crippen LogP) is 2.85. The van der Waals surface area contributed by atoms with Crippen LogP contribution in [0.4, 0.5) is 4.39 Å². The molecule has 0 saturated carbocycles. The molecule has 5 heteroatoms. The molecule has 2 aromatic rings. The summed E-state index contributed by atoms with van der Waals surface area (Å²) in [5.74, 6) is 0.165. The highest BCUT2D eigenvalue weighted by Crippen LogP contribution is 2.17. The van der Waals surface area contributed by atoms with E-state index in [0.29, 0.717) is 17.0 Å². The third-order valence-electron chi connectivity index (χ3n) is 1.88. The summed E-state index contributed by atoms with van der Waals surface area (Å²) in [7, 11) is 0. The average molecular weight is 210 g/mol. The van der Waals surface area contributed by atoms with E-state index < -0.39 is 0 Å². The van der Waals surface area contributed by atoms with E-state index in [-0.39, 0.29) is 10.7 Å². The minimum atomic E-state index is -0.273. The fourth-order valence-electron chi connectivity index (χ4n) is 1.09. The average Bonchev–Trinajstić information content (AvgIpc) is 2.57. The number of rotatable bonds is 1. The molecule has 0 aliphatic heterocycles. The summed E-state index contributed by atoms with van der Waals surface area (Å²) in [6, 6.07) is 4.82. The minimum absolute atomic E-state index is 0.112. The normalized spacial score (nSPS) is 10.4. The number of hydrogen-bond acceptors (Lipinski definition) is 3. The maximum Gasteiger partial charge on any atom is 0.314 e. The van der Waals surface area contributed by atoms with Gasteiger partial charge in [-0.25, -0.2) is 9.55 Å². The molecule has 0 atom stereocenters. The van der Waals surface area contributed by atoms with Gasteiger partial charge in [-0.1, -0.05) is 12.1 Å². The molecular weight excluding hydrogens is 203 g/mol. The molecule has 0 fully saturated rings. The van der Waals surface area contributed by atoms with Gasteiger partial charge in [0.15, 0.2) is 5.82 Å². The summed E-state index contributed by atoms with van der Waals surface area (Å²) in [4.78, 5) is 3.99. The van der Waals surface area contributed by atoms with E-state index in [1.165, 1.54) is 6.07 Å². The van der Waals surface area contributed by atoms with Gasteiger partial charge in [0.1, 0.15) is 5.82 Å². The van der Waals surface area contributed by atoms with Gasteiger partial charge in [0.05, 0.1) is 0 Å². The quantitative estimate of drug-likeness (QED) is 0.736. The summed E-state index contributed by atoms with van der Waals surface area (Å²) in [5.41, 5.74) is 1.21. The lowest BCUT2D eigenvalue weighted by Crippen LogP contribution is -1.85. The van der Waals surface area contributed by atoms with Crippen LogP contribution in [-0.2, 0) is 0 Å². The molecule has 3 nitrogen and oxygen atoms in total. The van der Waals surface area contributed by atoms with Gasteiger partial charge in [-0.2, -0.15) is 4.98 Å². The van der Waals surface area contributed by atoms with Crippen LogP contribution in [0, 0.1) is 17.6 Å². The number of H-pyrrole nitrogens is 1. The number of benzene rings is 1. The maximum absolute atomic E-state index is 13.2. The summed E-state index contributed by atoms with van der Waals surface area (Å²) < 4.78 is 17.9. The highest BCUT2D eigenvalue weighted by atomic mass is 32.1. The van der Waals surface area contributed by atoms with Crippen LogP contribution in [0.5, 0.6) is 0 Å². The maximum atomic E-state index is 13.2. The monoisotopic (exact) mass is 210 g/mol. The van der Waals surface area contributed by atoms with E-state index in [1.807, 2.05) is 0 Å². The van der Waals surface area contributed by atoms with Crippen molar-refractivity contribution in [1.82, 2.24) is 10.1 Å². The number of nitrogens with one attached hydrogen (secondary N) is 1. The molecule has 72 valence electrons. The van der Waals surface area contributed by atoms with Gasteiger partial charge >= 0.3 is 4.84 Å². The Morgan fingerprint density at radius 3 is 2.86 bits per heavy atom. The van der Waals surface area contributed by atoms with Gasteiger partial charge in [0.25, 0.3) is 0 Å². The highest BCUT2D eigenvalue weighted by molar-refractivity contribution is 7.71. The van der Waals surface area contributed by atoms with Crippen molar-refractivity contribution in [1.29, 1.82) is 0 Å². The molecular formula is C9H7FN2OS. The predicted molar refractivity (Wildman–Crippen MR) is 51.8 cm³/mol. The van der Waals surface area contributed by atoms with E-state index in [4.69, 9.17) is 4.52 Å². The van der Waals surface area contributed by atoms with Crippen LogP contribution >= 0.6 is 12.2 Å². The summed E-state index contributed by atoms with van der Waals surface area (Å²) >= 11 is 4.69. The zero-order valence-electron chi connectivity index (χ0n) is 7.37. The third-order valence-corrected chi connectivity index (χ3v) is 2.06. The van der Waals surface area contributed by atoms with Gasteiger partial charge in [-0.05, 0) is 30.8 Å². The van der Waals surface area contributed by atoms with Crippen molar-refractivity contribution >= 4 is 12.2 Å². The summed E-state index contributed by atoms with van der Waals surface area (Å²) in [6.45, 7) is 1.70. The first-order valence-electron chi connectivity index (χ1n) is 3.99. The molecule has 1 heterocycles. The lowest BCUT2D eigenvalue weighted by atomic mass is 10.1. The fourth-order valence-corrected chi connectivity index (χ4v) is 1.23. The Hall–Kier alpha value is -1.49. The third kappa shape index (κ3) is 1.58. The van der Waals surface area contributed by atoms with Crippen LogP contribution < -0.4 is 0 Å². The Labute approximate surface area is 84.6 Å². The van der Waals surface area contributed by atoms with Crippen molar-refractivity contribution in [3.63, 3.8) is 0 Å². The standard InChI is InChI=1S/C9H7FN2OS/c1-5-2-3-6(4-7(5)10)8-11-9(14)13-12-8/h2-4H,1H3,(H,11,12,14). The number of nitrogens with zero attached hydrogens (tertiary/aromatic N) is 1. The van der Waals surface area contributed by atoms with Crippen molar-refractivity contribution in [2.45, 2.75) is 6.92 Å². The number of aromatic amines is 1. The largest absolute Gasteiger partial charge is 0.348 e. The first-order valence-corrected chi connectivity index (χ1v) is 4.39. The first kappa shape index (κ1) is 9.08. The van der Waals surface area contributed by atoms with Crippen molar-refractivity contribution in [3.8, 4) is 11.4 Å². The number of hydrogen-bond donors (Lipinski definition) is 1. The smallest absolute Gasteiger partial charge is 0.314 e. The topological polar surface area (TPSA) is 41.8 Å². The molecule has 1 aromatic heterocycles. The molecule has 1 N–H and O–H groups in total. The molecule has 0 bridgehead atoms. The van der Waals surface area contributed by atoms with E-state index in [2.05, 4.69) is 22.4 Å². The molecule has 0 spiro atoms. The van der Waals surface area contributed by atoms with Crippen LogP contribution in [0.1, 0.15) is 5.56 Å². The van der Waals surface area contributed by atoms with Crippen molar-refractivity contribution in [3.05, 3.63) is 34.4 Å². The second kappa shape index (κ2) is 3.34. The zero-order chi connectivity index (χ0) is 10.1. The van der Waals surface area contributed by atoms with Gasteiger partial charge in [0, 0.05) is 5.56 Å². The van der Waals surface area contributed by atoms with Crippen molar-refractivity contribution in [2.24, 2.45) is 0 Å². The second-order valence-corrected chi connectivity index (χ2v) is 3.24. The second-order valence-electron chi connectivity index (χ2n) is 2.89. The Balaban J connectivity index is 2.52. The Morgan fingerprint density at radius 1 is 1.50 bits per heavy atom. The molecule has 0 amide bonds. The van der Waals surface area contributed by atoms with Gasteiger partial charge in [-0.3, -0.25) is 0 Å². The van der Waals surface area contributed by atoms with Gasteiger partial charge < -0.3 is 4.52 Å². The van der Waals surface area contributed by atoms with E-state index in [1.54, 1.807) is 19.1 Å². The van der Waals surface area contributed by atoms with Crippen LogP contribution in [0.25, 0.3) is 11.4 Å². The number of aromatic nitrogens is 2. The lowest BCUT2D eigenvalue weighted by molar-refractivity contribution is 0.406. The molecule has 0 radical (unpaired) electrons. The molecule has 14 heavy (non-hydrogen) atoms. The molecule has 0 aliphatic rings. The SMILES string of the molecule is Cc1ccc(-c2nc(=S)o[nH]2)cc1F. The van der Waals surface area contributed by atoms with Gasteiger partial charge in [0.2, 0.25) is 0 Å². The van der Waals surface area contributed by atoms with Crippen LogP contribution in [0.3, 0.4) is 0 Å². The van der Waals surface area contributed by atoms with Crippen LogP contribution in [0.2, 0.25) is 0 Å². The van der Waals surface area contributed by atoms with Gasteiger partial charge in [-0.15, -0.1) is 0 Å². The summed E-state index contributed by atoms with van der Waals surface area (Å²) in [6.07, 6.45) is 0. The van der Waals surface area contributed by atoms with E-state index in [0.717, 1.165) is 0 Å². The van der Waals surface area contributed by atoms with Crippen molar-refractivity contribution in [2.75, 3.05) is 0 Å². The number of aryl methyl sites for hydroxylation is 1. The van der Waals surface area contributed by atoms with Crippen LogP contribution in [0.15, 0.2) is 22.7 Å². The Kier molecular flexibility index (Phi) is 2.17. The van der Waals surface area contributed by atoms with E-state index in [9.17, 15) is 4.39 Å². The Morgan fingerprint density at radius 2 is 2.29 bits per heavy atom.